The van der Waals surface area contributed by atoms with Gasteiger partial charge in [-0.3, -0.25) is 4.18 Å². The lowest BCUT2D eigenvalue weighted by Crippen LogP contribution is -2.24. The number of ether oxygens (including phenoxy) is 3. The number of esters is 1. The van der Waals surface area contributed by atoms with Crippen LogP contribution >= 0.6 is 0 Å². The summed E-state index contributed by atoms with van der Waals surface area (Å²) in [5.74, 6) is -0.490. The maximum absolute atomic E-state index is 12.0. The second-order valence-corrected chi connectivity index (χ2v) is 7.72. The summed E-state index contributed by atoms with van der Waals surface area (Å²) in [6, 6.07) is 6.49. The Balaban J connectivity index is 2.17. The van der Waals surface area contributed by atoms with Crippen LogP contribution in [0.15, 0.2) is 41.8 Å². The van der Waals surface area contributed by atoms with Gasteiger partial charge in [-0.1, -0.05) is 24.3 Å². The molecule has 0 N–H and O–H groups in total. The minimum absolute atomic E-state index is 0.0394. The molecule has 7 nitrogen and oxygen atoms in total. The van der Waals surface area contributed by atoms with Crippen molar-refractivity contribution in [1.29, 1.82) is 0 Å². The fourth-order valence-electron chi connectivity index (χ4n) is 1.94. The molecule has 0 saturated heterocycles. The summed E-state index contributed by atoms with van der Waals surface area (Å²) in [6.45, 7) is 9.67. The van der Waals surface area contributed by atoms with Gasteiger partial charge in [0.05, 0.1) is 30.3 Å². The average Bonchev–Trinajstić information content (AvgIpc) is 2.64. The van der Waals surface area contributed by atoms with E-state index in [4.69, 9.17) is 18.4 Å². The Hall–Kier alpha value is -1.74. The molecular formula is C19H28O7S. The minimum Gasteiger partial charge on any atom is -0.460 e. The van der Waals surface area contributed by atoms with Gasteiger partial charge in [0.25, 0.3) is 10.1 Å². The van der Waals surface area contributed by atoms with Crippen molar-refractivity contribution in [3.05, 3.63) is 42.5 Å². The van der Waals surface area contributed by atoms with E-state index in [-0.39, 0.29) is 30.3 Å². The lowest BCUT2D eigenvalue weighted by atomic mass is 10.2. The summed E-state index contributed by atoms with van der Waals surface area (Å²) in [6.07, 6.45) is 1.08. The van der Waals surface area contributed by atoms with E-state index in [2.05, 4.69) is 6.58 Å². The molecular weight excluding hydrogens is 372 g/mol. The Morgan fingerprint density at radius 1 is 1.07 bits per heavy atom. The predicted octanol–water partition coefficient (Wildman–Crippen LogP) is 2.63. The number of carbonyl (C=O) groups excluding carboxylic acids is 1. The van der Waals surface area contributed by atoms with E-state index in [9.17, 15) is 13.2 Å². The molecule has 152 valence electrons. The molecule has 0 spiro atoms. The molecule has 0 bridgehead atoms. The van der Waals surface area contributed by atoms with Crippen molar-refractivity contribution in [3.8, 4) is 0 Å². The van der Waals surface area contributed by atoms with E-state index in [0.717, 1.165) is 11.6 Å². The Labute approximate surface area is 161 Å². The third-order valence-electron chi connectivity index (χ3n) is 3.48. The lowest BCUT2D eigenvalue weighted by Gasteiger charge is -2.17. The first-order valence-corrected chi connectivity index (χ1v) is 10.1. The van der Waals surface area contributed by atoms with Gasteiger partial charge in [-0.15, -0.1) is 0 Å². The zero-order chi connectivity index (χ0) is 20.3. The van der Waals surface area contributed by atoms with Gasteiger partial charge in [0.1, 0.15) is 6.61 Å². The van der Waals surface area contributed by atoms with Gasteiger partial charge >= 0.3 is 5.97 Å². The van der Waals surface area contributed by atoms with Crippen molar-refractivity contribution in [1.82, 2.24) is 0 Å². The molecule has 2 atom stereocenters. The summed E-state index contributed by atoms with van der Waals surface area (Å²) in [5.41, 5.74) is 0.978. The van der Waals surface area contributed by atoms with Crippen molar-refractivity contribution in [2.45, 2.75) is 44.3 Å². The molecule has 1 rings (SSSR count). The predicted molar refractivity (Wildman–Crippen MR) is 101 cm³/mol. The Morgan fingerprint density at radius 3 is 2.33 bits per heavy atom. The second kappa shape index (κ2) is 11.9. The molecule has 0 saturated carbocycles. The smallest absolute Gasteiger partial charge is 0.330 e. The zero-order valence-corrected chi connectivity index (χ0v) is 16.9. The van der Waals surface area contributed by atoms with Crippen LogP contribution in [0, 0.1) is 6.92 Å². The van der Waals surface area contributed by atoms with Crippen LogP contribution < -0.4 is 0 Å². The van der Waals surface area contributed by atoms with Crippen molar-refractivity contribution < 1.29 is 31.6 Å². The van der Waals surface area contributed by atoms with E-state index < -0.39 is 16.1 Å². The first kappa shape index (κ1) is 23.3. The van der Waals surface area contributed by atoms with Crippen molar-refractivity contribution in [3.63, 3.8) is 0 Å². The van der Waals surface area contributed by atoms with Crippen molar-refractivity contribution in [2.75, 3.05) is 26.4 Å². The standard InChI is InChI=1S/C19H28O7S/c1-5-19(20)25-14-17(4)24-13-16(3)23-11-6-12-26-27(21,22)18-9-7-15(2)8-10-18/h5,7-10,16-17H,1,6,11-14H2,2-4H3. The highest BCUT2D eigenvalue weighted by atomic mass is 32.2. The molecule has 0 aliphatic heterocycles. The Morgan fingerprint density at radius 2 is 1.70 bits per heavy atom. The van der Waals surface area contributed by atoms with Gasteiger partial charge < -0.3 is 14.2 Å². The number of hydrogen-bond acceptors (Lipinski definition) is 7. The third-order valence-corrected chi connectivity index (χ3v) is 4.81. The molecule has 8 heteroatoms. The van der Waals surface area contributed by atoms with Crippen LogP contribution in [0.5, 0.6) is 0 Å². The molecule has 0 heterocycles. The summed E-state index contributed by atoms with van der Waals surface area (Å²) in [7, 11) is -3.74. The number of benzene rings is 1. The highest BCUT2D eigenvalue weighted by Gasteiger charge is 2.14. The van der Waals surface area contributed by atoms with Crippen LogP contribution in [-0.4, -0.2) is 53.0 Å². The first-order valence-electron chi connectivity index (χ1n) is 8.73. The first-order chi connectivity index (χ1) is 12.7. The van der Waals surface area contributed by atoms with Gasteiger partial charge in [0.2, 0.25) is 0 Å². The van der Waals surface area contributed by atoms with E-state index in [1.165, 1.54) is 12.1 Å². The fourth-order valence-corrected chi connectivity index (χ4v) is 2.88. The van der Waals surface area contributed by atoms with E-state index >= 15 is 0 Å². The Kier molecular flexibility index (Phi) is 10.2. The molecule has 0 aliphatic carbocycles. The summed E-state index contributed by atoms with van der Waals surface area (Å²) >= 11 is 0. The highest BCUT2D eigenvalue weighted by Crippen LogP contribution is 2.13. The number of aryl methyl sites for hydroxylation is 1. The van der Waals surface area contributed by atoms with Gasteiger partial charge in [-0.25, -0.2) is 4.79 Å². The normalized spacial score (nSPS) is 13.7. The van der Waals surface area contributed by atoms with Gasteiger partial charge in [0.15, 0.2) is 0 Å². The van der Waals surface area contributed by atoms with Crippen molar-refractivity contribution >= 4 is 16.1 Å². The van der Waals surface area contributed by atoms with E-state index in [1.54, 1.807) is 19.1 Å². The third kappa shape index (κ3) is 9.67. The number of hydrogen-bond donors (Lipinski definition) is 0. The SMILES string of the molecule is C=CC(=O)OCC(C)OCC(C)OCCCOS(=O)(=O)c1ccc(C)cc1. The summed E-state index contributed by atoms with van der Waals surface area (Å²) in [5, 5.41) is 0. The van der Waals surface area contributed by atoms with Crippen molar-refractivity contribution in [2.24, 2.45) is 0 Å². The molecule has 0 fully saturated rings. The van der Waals surface area contributed by atoms with Crippen LogP contribution in [0.25, 0.3) is 0 Å². The number of carbonyl (C=O) groups is 1. The zero-order valence-electron chi connectivity index (χ0n) is 16.1. The van der Waals surface area contributed by atoms with Crippen LogP contribution in [0.2, 0.25) is 0 Å². The molecule has 0 aliphatic rings. The topological polar surface area (TPSA) is 88.1 Å². The van der Waals surface area contributed by atoms with Crippen LogP contribution in [0.1, 0.15) is 25.8 Å². The van der Waals surface area contributed by atoms with E-state index in [0.29, 0.717) is 19.6 Å². The van der Waals surface area contributed by atoms with E-state index in [1.807, 2.05) is 13.8 Å². The van der Waals surface area contributed by atoms with Gasteiger partial charge in [-0.2, -0.15) is 8.42 Å². The molecule has 1 aromatic rings. The quantitative estimate of drug-likeness (QED) is 0.218. The average molecular weight is 400 g/mol. The molecule has 0 amide bonds. The minimum atomic E-state index is -3.74. The second-order valence-electron chi connectivity index (χ2n) is 6.10. The maximum Gasteiger partial charge on any atom is 0.330 e. The Bertz CT molecular complexity index is 683. The fraction of sp³-hybridized carbons (Fsp3) is 0.526. The maximum atomic E-state index is 12.0. The summed E-state index contributed by atoms with van der Waals surface area (Å²) < 4.78 is 45.0. The monoisotopic (exact) mass is 400 g/mol. The molecule has 0 aromatic heterocycles. The van der Waals surface area contributed by atoms with Gasteiger partial charge in [0, 0.05) is 12.7 Å². The molecule has 1 aromatic carbocycles. The number of rotatable bonds is 13. The van der Waals surface area contributed by atoms with Crippen LogP contribution in [0.3, 0.4) is 0 Å². The highest BCUT2D eigenvalue weighted by molar-refractivity contribution is 7.86. The van der Waals surface area contributed by atoms with Crippen LogP contribution in [0.4, 0.5) is 0 Å². The lowest BCUT2D eigenvalue weighted by molar-refractivity contribution is -0.142. The largest absolute Gasteiger partial charge is 0.460 e. The molecule has 0 radical (unpaired) electrons. The molecule has 27 heavy (non-hydrogen) atoms. The van der Waals surface area contributed by atoms with Crippen LogP contribution in [-0.2, 0) is 33.3 Å². The summed E-state index contributed by atoms with van der Waals surface area (Å²) in [4.78, 5) is 11.1. The molecule has 2 unspecified atom stereocenters. The van der Waals surface area contributed by atoms with Gasteiger partial charge in [-0.05, 0) is 39.3 Å².